The Morgan fingerprint density at radius 3 is 2.77 bits per heavy atom. The van der Waals surface area contributed by atoms with Gasteiger partial charge in [0.15, 0.2) is 11.6 Å². The van der Waals surface area contributed by atoms with Gasteiger partial charge in [-0.25, -0.2) is 8.78 Å². The van der Waals surface area contributed by atoms with E-state index in [1.54, 1.807) is 0 Å². The number of nitrogens with one attached hydrogen (secondary N) is 1. The second-order valence-electron chi connectivity index (χ2n) is 2.38. The first-order valence-electron chi connectivity index (χ1n) is 3.58. The molecule has 0 heterocycles. The Morgan fingerprint density at radius 1 is 1.46 bits per heavy atom. The number of hydrogen-bond acceptors (Lipinski definition) is 3. The Balaban J connectivity index is 2.96. The van der Waals surface area contributed by atoms with E-state index in [-0.39, 0.29) is 12.1 Å². The maximum atomic E-state index is 13.0. The van der Waals surface area contributed by atoms with Gasteiger partial charge in [-0.1, -0.05) is 0 Å². The SMILES string of the molecule is CONCc1c(F)ccc(O)c1F. The van der Waals surface area contributed by atoms with Crippen LogP contribution >= 0.6 is 0 Å². The lowest BCUT2D eigenvalue weighted by atomic mass is 10.2. The standard InChI is InChI=1S/C8H9F2NO2/c1-13-11-4-5-6(9)2-3-7(12)8(5)10/h2-3,11-12H,4H2,1H3. The van der Waals surface area contributed by atoms with E-state index < -0.39 is 17.4 Å². The normalized spacial score (nSPS) is 10.4. The van der Waals surface area contributed by atoms with Gasteiger partial charge in [-0.2, -0.15) is 5.48 Å². The van der Waals surface area contributed by atoms with Crippen LogP contribution in [0.1, 0.15) is 5.56 Å². The van der Waals surface area contributed by atoms with E-state index in [2.05, 4.69) is 10.3 Å². The van der Waals surface area contributed by atoms with Crippen LogP contribution in [0.3, 0.4) is 0 Å². The number of benzene rings is 1. The van der Waals surface area contributed by atoms with Crippen LogP contribution < -0.4 is 5.48 Å². The van der Waals surface area contributed by atoms with E-state index in [9.17, 15) is 8.78 Å². The zero-order chi connectivity index (χ0) is 9.84. The lowest BCUT2D eigenvalue weighted by Crippen LogP contribution is -2.13. The molecule has 0 aliphatic rings. The summed E-state index contributed by atoms with van der Waals surface area (Å²) >= 11 is 0. The summed E-state index contributed by atoms with van der Waals surface area (Å²) in [6.45, 7) is -0.136. The number of hydroxylamine groups is 1. The molecule has 0 spiro atoms. The summed E-state index contributed by atoms with van der Waals surface area (Å²) < 4.78 is 25.9. The Kier molecular flexibility index (Phi) is 3.16. The van der Waals surface area contributed by atoms with Gasteiger partial charge in [0.25, 0.3) is 0 Å². The van der Waals surface area contributed by atoms with Gasteiger partial charge in [0.1, 0.15) is 5.82 Å². The van der Waals surface area contributed by atoms with Crippen molar-refractivity contribution in [3.05, 3.63) is 29.3 Å². The minimum Gasteiger partial charge on any atom is -0.505 e. The first kappa shape index (κ1) is 9.88. The van der Waals surface area contributed by atoms with Crippen molar-refractivity contribution in [2.24, 2.45) is 0 Å². The van der Waals surface area contributed by atoms with Gasteiger partial charge in [-0.15, -0.1) is 0 Å². The Bertz CT molecular complexity index is 304. The molecule has 0 unspecified atom stereocenters. The fraction of sp³-hybridized carbons (Fsp3) is 0.250. The van der Waals surface area contributed by atoms with Crippen molar-refractivity contribution < 1.29 is 18.7 Å². The van der Waals surface area contributed by atoms with Crippen molar-refractivity contribution in [1.29, 1.82) is 0 Å². The molecule has 0 saturated heterocycles. The molecule has 72 valence electrons. The van der Waals surface area contributed by atoms with Gasteiger partial charge in [-0.05, 0) is 12.1 Å². The molecule has 0 amide bonds. The molecule has 0 aromatic heterocycles. The Hall–Kier alpha value is -1.20. The molecule has 1 rings (SSSR count). The van der Waals surface area contributed by atoms with Crippen LogP contribution in [-0.4, -0.2) is 12.2 Å². The highest BCUT2D eigenvalue weighted by molar-refractivity contribution is 5.30. The number of halogens is 2. The van der Waals surface area contributed by atoms with E-state index in [0.29, 0.717) is 0 Å². The predicted octanol–water partition coefficient (Wildman–Crippen LogP) is 1.32. The molecule has 0 aliphatic carbocycles. The van der Waals surface area contributed by atoms with E-state index in [1.165, 1.54) is 7.11 Å². The van der Waals surface area contributed by atoms with E-state index in [4.69, 9.17) is 5.11 Å². The third-order valence-corrected chi connectivity index (χ3v) is 1.56. The van der Waals surface area contributed by atoms with E-state index >= 15 is 0 Å². The van der Waals surface area contributed by atoms with Gasteiger partial charge in [0.2, 0.25) is 0 Å². The monoisotopic (exact) mass is 189 g/mol. The smallest absolute Gasteiger partial charge is 0.172 e. The highest BCUT2D eigenvalue weighted by atomic mass is 19.1. The van der Waals surface area contributed by atoms with Crippen LogP contribution in [0.4, 0.5) is 8.78 Å². The van der Waals surface area contributed by atoms with Gasteiger partial charge >= 0.3 is 0 Å². The fourth-order valence-corrected chi connectivity index (χ4v) is 0.892. The first-order chi connectivity index (χ1) is 6.16. The second-order valence-corrected chi connectivity index (χ2v) is 2.38. The van der Waals surface area contributed by atoms with Gasteiger partial charge in [0, 0.05) is 5.56 Å². The van der Waals surface area contributed by atoms with E-state index in [0.717, 1.165) is 12.1 Å². The molecular formula is C8H9F2NO2. The highest BCUT2D eigenvalue weighted by Crippen LogP contribution is 2.21. The van der Waals surface area contributed by atoms with Crippen molar-refractivity contribution in [1.82, 2.24) is 5.48 Å². The molecule has 0 bridgehead atoms. The minimum atomic E-state index is -0.968. The molecule has 1 aromatic carbocycles. The first-order valence-corrected chi connectivity index (χ1v) is 3.58. The average Bonchev–Trinajstić information content (AvgIpc) is 2.12. The molecule has 0 fully saturated rings. The van der Waals surface area contributed by atoms with Crippen LogP contribution in [0.5, 0.6) is 5.75 Å². The Morgan fingerprint density at radius 2 is 2.15 bits per heavy atom. The van der Waals surface area contributed by atoms with Crippen LogP contribution in [0, 0.1) is 11.6 Å². The van der Waals surface area contributed by atoms with Crippen LogP contribution in [0.15, 0.2) is 12.1 Å². The molecule has 13 heavy (non-hydrogen) atoms. The zero-order valence-corrected chi connectivity index (χ0v) is 6.97. The van der Waals surface area contributed by atoms with Crippen LogP contribution in [0.25, 0.3) is 0 Å². The third kappa shape index (κ3) is 2.13. The van der Waals surface area contributed by atoms with Crippen molar-refractivity contribution in [2.45, 2.75) is 6.54 Å². The molecule has 0 atom stereocenters. The lowest BCUT2D eigenvalue weighted by molar-refractivity contribution is 0.0849. The van der Waals surface area contributed by atoms with Crippen molar-refractivity contribution >= 4 is 0 Å². The molecule has 0 saturated carbocycles. The summed E-state index contributed by atoms with van der Waals surface area (Å²) in [6.07, 6.45) is 0. The predicted molar refractivity (Wildman–Crippen MR) is 41.9 cm³/mol. The molecule has 2 N–H and O–H groups in total. The summed E-state index contributed by atoms with van der Waals surface area (Å²) in [5.74, 6) is -2.27. The van der Waals surface area contributed by atoms with Gasteiger partial charge in [0.05, 0.1) is 13.7 Å². The summed E-state index contributed by atoms with van der Waals surface area (Å²) in [5, 5.41) is 8.91. The third-order valence-electron chi connectivity index (χ3n) is 1.56. The van der Waals surface area contributed by atoms with Crippen molar-refractivity contribution in [3.63, 3.8) is 0 Å². The second kappa shape index (κ2) is 4.15. The topological polar surface area (TPSA) is 41.5 Å². The van der Waals surface area contributed by atoms with Gasteiger partial charge in [-0.3, -0.25) is 0 Å². The van der Waals surface area contributed by atoms with Crippen molar-refractivity contribution in [3.8, 4) is 5.75 Å². The zero-order valence-electron chi connectivity index (χ0n) is 6.97. The highest BCUT2D eigenvalue weighted by Gasteiger charge is 2.12. The summed E-state index contributed by atoms with van der Waals surface area (Å²) in [7, 11) is 1.33. The molecule has 0 radical (unpaired) electrons. The number of aromatic hydroxyl groups is 1. The summed E-state index contributed by atoms with van der Waals surface area (Å²) in [5.41, 5.74) is 2.03. The number of phenolic OH excluding ortho intramolecular Hbond substituents is 1. The summed E-state index contributed by atoms with van der Waals surface area (Å²) in [4.78, 5) is 4.43. The van der Waals surface area contributed by atoms with Gasteiger partial charge < -0.3 is 9.94 Å². The molecule has 5 heteroatoms. The molecule has 1 aromatic rings. The number of rotatable bonds is 3. The maximum Gasteiger partial charge on any atom is 0.172 e. The van der Waals surface area contributed by atoms with Crippen LogP contribution in [0.2, 0.25) is 0 Å². The Labute approximate surface area is 73.9 Å². The quantitative estimate of drug-likeness (QED) is 0.704. The minimum absolute atomic E-state index is 0.136. The van der Waals surface area contributed by atoms with E-state index in [1.807, 2.05) is 0 Å². The van der Waals surface area contributed by atoms with Crippen molar-refractivity contribution in [2.75, 3.05) is 7.11 Å². The average molecular weight is 189 g/mol. The van der Waals surface area contributed by atoms with Crippen LogP contribution in [-0.2, 0) is 11.4 Å². The maximum absolute atomic E-state index is 13.0. The molecule has 3 nitrogen and oxygen atoms in total. The summed E-state index contributed by atoms with van der Waals surface area (Å²) in [6, 6.07) is 1.95. The fourth-order valence-electron chi connectivity index (χ4n) is 0.892. The lowest BCUT2D eigenvalue weighted by Gasteiger charge is -2.05. The largest absolute Gasteiger partial charge is 0.505 e. The number of phenols is 1. The molecule has 0 aliphatic heterocycles. The number of hydrogen-bond donors (Lipinski definition) is 2. The molecular weight excluding hydrogens is 180 g/mol.